The van der Waals surface area contributed by atoms with Crippen LogP contribution in [0.15, 0.2) is 28.7 Å². The fourth-order valence-electron chi connectivity index (χ4n) is 2.45. The average Bonchev–Trinajstić information content (AvgIpc) is 3.03. The van der Waals surface area contributed by atoms with Gasteiger partial charge in [-0.2, -0.15) is 0 Å². The molecule has 5 nitrogen and oxygen atoms in total. The molecule has 1 aliphatic rings. The standard InChI is InChI=1S/C17H16O5/c1-2-3-14(19)12-8-16-17(21-7-6-20-16)9-13(12)15-5-4-11(10-18)22-15/h4-5,8-10H,2-3,6-7H2,1H3. The molecule has 0 saturated heterocycles. The van der Waals surface area contributed by atoms with Crippen LogP contribution in [0.3, 0.4) is 0 Å². The molecule has 0 aliphatic carbocycles. The fourth-order valence-corrected chi connectivity index (χ4v) is 2.45. The maximum atomic E-state index is 12.4. The first kappa shape index (κ1) is 14.4. The van der Waals surface area contributed by atoms with E-state index in [1.807, 2.05) is 6.92 Å². The monoisotopic (exact) mass is 300 g/mol. The second-order valence-corrected chi connectivity index (χ2v) is 5.03. The minimum atomic E-state index is 0.0125. The van der Waals surface area contributed by atoms with Crippen LogP contribution in [0.2, 0.25) is 0 Å². The van der Waals surface area contributed by atoms with Gasteiger partial charge in [-0.05, 0) is 30.7 Å². The van der Waals surface area contributed by atoms with Crippen molar-refractivity contribution in [3.05, 3.63) is 35.6 Å². The highest BCUT2D eigenvalue weighted by atomic mass is 16.6. The Morgan fingerprint density at radius 1 is 1.18 bits per heavy atom. The Balaban J connectivity index is 2.12. The number of carbonyl (C=O) groups excluding carboxylic acids is 2. The van der Waals surface area contributed by atoms with E-state index in [4.69, 9.17) is 13.9 Å². The first-order valence-electron chi connectivity index (χ1n) is 7.25. The Morgan fingerprint density at radius 3 is 2.55 bits per heavy atom. The van der Waals surface area contributed by atoms with Crippen molar-refractivity contribution in [1.29, 1.82) is 0 Å². The molecule has 1 aliphatic heterocycles. The van der Waals surface area contributed by atoms with Crippen molar-refractivity contribution in [1.82, 2.24) is 0 Å². The van der Waals surface area contributed by atoms with Gasteiger partial charge in [-0.3, -0.25) is 9.59 Å². The summed E-state index contributed by atoms with van der Waals surface area (Å²) in [7, 11) is 0. The minimum Gasteiger partial charge on any atom is -0.486 e. The molecule has 0 amide bonds. The first-order chi connectivity index (χ1) is 10.7. The lowest BCUT2D eigenvalue weighted by molar-refractivity contribution is 0.0980. The van der Waals surface area contributed by atoms with Crippen LogP contribution in [0.5, 0.6) is 11.5 Å². The highest BCUT2D eigenvalue weighted by molar-refractivity contribution is 6.02. The first-order valence-corrected chi connectivity index (χ1v) is 7.25. The molecule has 22 heavy (non-hydrogen) atoms. The van der Waals surface area contributed by atoms with E-state index in [0.29, 0.717) is 54.3 Å². The largest absolute Gasteiger partial charge is 0.486 e. The summed E-state index contributed by atoms with van der Waals surface area (Å²) in [6.07, 6.45) is 1.83. The van der Waals surface area contributed by atoms with E-state index < -0.39 is 0 Å². The van der Waals surface area contributed by atoms with Crippen LogP contribution in [-0.2, 0) is 0 Å². The molecule has 2 heterocycles. The van der Waals surface area contributed by atoms with Gasteiger partial charge in [-0.1, -0.05) is 6.92 Å². The van der Waals surface area contributed by atoms with Crippen LogP contribution in [0.4, 0.5) is 0 Å². The maximum Gasteiger partial charge on any atom is 0.185 e. The zero-order chi connectivity index (χ0) is 15.5. The Kier molecular flexibility index (Phi) is 3.96. The summed E-state index contributed by atoms with van der Waals surface area (Å²) in [4.78, 5) is 23.2. The summed E-state index contributed by atoms with van der Waals surface area (Å²) < 4.78 is 16.6. The van der Waals surface area contributed by atoms with Gasteiger partial charge < -0.3 is 13.9 Å². The number of furan rings is 1. The molecular weight excluding hydrogens is 284 g/mol. The lowest BCUT2D eigenvalue weighted by atomic mass is 9.98. The average molecular weight is 300 g/mol. The molecule has 1 aromatic heterocycles. The van der Waals surface area contributed by atoms with Crippen molar-refractivity contribution in [3.63, 3.8) is 0 Å². The zero-order valence-electron chi connectivity index (χ0n) is 12.3. The summed E-state index contributed by atoms with van der Waals surface area (Å²) in [5, 5.41) is 0. The third-order valence-corrected chi connectivity index (χ3v) is 3.47. The van der Waals surface area contributed by atoms with E-state index in [9.17, 15) is 9.59 Å². The van der Waals surface area contributed by atoms with Crippen molar-refractivity contribution >= 4 is 12.1 Å². The van der Waals surface area contributed by atoms with Crippen LogP contribution in [0, 0.1) is 0 Å². The smallest absolute Gasteiger partial charge is 0.185 e. The van der Waals surface area contributed by atoms with Crippen molar-refractivity contribution in [2.75, 3.05) is 13.2 Å². The van der Waals surface area contributed by atoms with E-state index in [1.54, 1.807) is 24.3 Å². The summed E-state index contributed by atoms with van der Waals surface area (Å²) in [5.41, 5.74) is 1.15. The number of hydrogen-bond acceptors (Lipinski definition) is 5. The van der Waals surface area contributed by atoms with Crippen molar-refractivity contribution in [3.8, 4) is 22.8 Å². The SMILES string of the molecule is CCCC(=O)c1cc2c(cc1-c1ccc(C=O)o1)OCCO2. The lowest BCUT2D eigenvalue weighted by Crippen LogP contribution is -2.16. The van der Waals surface area contributed by atoms with Gasteiger partial charge in [0.15, 0.2) is 29.3 Å². The molecular formula is C17H16O5. The minimum absolute atomic E-state index is 0.0125. The number of hydrogen-bond donors (Lipinski definition) is 0. The summed E-state index contributed by atoms with van der Waals surface area (Å²) in [6, 6.07) is 6.70. The molecule has 0 spiro atoms. The van der Waals surface area contributed by atoms with Crippen molar-refractivity contribution < 1.29 is 23.5 Å². The van der Waals surface area contributed by atoms with E-state index in [-0.39, 0.29) is 11.5 Å². The highest BCUT2D eigenvalue weighted by Crippen LogP contribution is 2.38. The Labute approximate surface area is 127 Å². The Hall–Kier alpha value is -2.56. The van der Waals surface area contributed by atoms with Gasteiger partial charge >= 0.3 is 0 Å². The summed E-state index contributed by atoms with van der Waals surface area (Å²) in [5.74, 6) is 1.85. The molecule has 0 atom stereocenters. The molecule has 0 unspecified atom stereocenters. The number of fused-ring (bicyclic) bond motifs is 1. The molecule has 2 aromatic rings. The van der Waals surface area contributed by atoms with Crippen LogP contribution in [-0.4, -0.2) is 25.3 Å². The predicted molar refractivity (Wildman–Crippen MR) is 79.8 cm³/mol. The van der Waals surface area contributed by atoms with Gasteiger partial charge in [0.1, 0.15) is 19.0 Å². The molecule has 5 heteroatoms. The van der Waals surface area contributed by atoms with Gasteiger partial charge in [0.2, 0.25) is 0 Å². The van der Waals surface area contributed by atoms with Gasteiger partial charge in [-0.15, -0.1) is 0 Å². The molecule has 1 aromatic carbocycles. The van der Waals surface area contributed by atoms with Crippen molar-refractivity contribution in [2.45, 2.75) is 19.8 Å². The van der Waals surface area contributed by atoms with Crippen LogP contribution < -0.4 is 9.47 Å². The number of ketones is 1. The zero-order valence-corrected chi connectivity index (χ0v) is 12.3. The second kappa shape index (κ2) is 6.05. The molecule has 0 N–H and O–H groups in total. The molecule has 0 radical (unpaired) electrons. The number of carbonyl (C=O) groups is 2. The van der Waals surface area contributed by atoms with E-state index in [0.717, 1.165) is 6.42 Å². The molecule has 0 fully saturated rings. The van der Waals surface area contributed by atoms with E-state index in [2.05, 4.69) is 0 Å². The maximum absolute atomic E-state index is 12.4. The number of Topliss-reactive ketones (excluding diaryl/α,β-unsaturated/α-hetero) is 1. The highest BCUT2D eigenvalue weighted by Gasteiger charge is 2.21. The van der Waals surface area contributed by atoms with E-state index >= 15 is 0 Å². The Bertz CT molecular complexity index is 714. The lowest BCUT2D eigenvalue weighted by Gasteiger charge is -2.20. The van der Waals surface area contributed by atoms with Crippen LogP contribution in [0.25, 0.3) is 11.3 Å². The van der Waals surface area contributed by atoms with Gasteiger partial charge in [0.25, 0.3) is 0 Å². The third-order valence-electron chi connectivity index (χ3n) is 3.47. The topological polar surface area (TPSA) is 65.7 Å². The summed E-state index contributed by atoms with van der Waals surface area (Å²) >= 11 is 0. The Morgan fingerprint density at radius 2 is 1.91 bits per heavy atom. The fraction of sp³-hybridized carbons (Fsp3) is 0.294. The van der Waals surface area contributed by atoms with Gasteiger partial charge in [0.05, 0.1) is 0 Å². The number of ether oxygens (including phenoxy) is 2. The molecule has 3 rings (SSSR count). The third kappa shape index (κ3) is 2.62. The van der Waals surface area contributed by atoms with Crippen LogP contribution in [0.1, 0.15) is 40.7 Å². The molecule has 114 valence electrons. The van der Waals surface area contributed by atoms with Gasteiger partial charge in [0, 0.05) is 17.5 Å². The van der Waals surface area contributed by atoms with Crippen molar-refractivity contribution in [2.24, 2.45) is 0 Å². The van der Waals surface area contributed by atoms with Gasteiger partial charge in [-0.25, -0.2) is 0 Å². The number of aldehydes is 1. The predicted octanol–water partition coefficient (Wildman–Crippen LogP) is 3.51. The quantitative estimate of drug-likeness (QED) is 0.624. The molecule has 0 saturated carbocycles. The summed E-state index contributed by atoms with van der Waals surface area (Å²) in [6.45, 7) is 2.88. The number of rotatable bonds is 5. The molecule has 0 bridgehead atoms. The number of benzene rings is 1. The second-order valence-electron chi connectivity index (χ2n) is 5.03. The normalized spacial score (nSPS) is 13.0. The van der Waals surface area contributed by atoms with Crippen LogP contribution >= 0.6 is 0 Å². The van der Waals surface area contributed by atoms with E-state index in [1.165, 1.54) is 0 Å².